The minimum absolute atomic E-state index is 0.0396. The Hall–Kier alpha value is -3.86. The molecule has 0 saturated heterocycles. The Labute approximate surface area is 207 Å². The lowest BCUT2D eigenvalue weighted by atomic mass is 9.78. The summed E-state index contributed by atoms with van der Waals surface area (Å²) in [5.74, 6) is -0.960. The third kappa shape index (κ3) is 5.99. The molecule has 1 fully saturated rings. The highest BCUT2D eigenvalue weighted by molar-refractivity contribution is 5.96. The quantitative estimate of drug-likeness (QED) is 0.383. The second-order valence-electron chi connectivity index (χ2n) is 9.55. The van der Waals surface area contributed by atoms with Gasteiger partial charge in [-0.25, -0.2) is 4.79 Å². The molecule has 0 unspecified atom stereocenters. The van der Waals surface area contributed by atoms with Gasteiger partial charge in [-0.15, -0.1) is 0 Å². The highest BCUT2D eigenvalue weighted by atomic mass is 16.4. The summed E-state index contributed by atoms with van der Waals surface area (Å²) >= 11 is 0. The molecule has 5 nitrogen and oxygen atoms in total. The molecule has 35 heavy (non-hydrogen) atoms. The fraction of sp³-hybridized carbons (Fsp3) is 0.267. The lowest BCUT2D eigenvalue weighted by Gasteiger charge is -2.28. The van der Waals surface area contributed by atoms with Crippen LogP contribution < -0.4 is 10.2 Å². The summed E-state index contributed by atoms with van der Waals surface area (Å²) in [7, 11) is 4.07. The van der Waals surface area contributed by atoms with Crippen LogP contribution >= 0.6 is 0 Å². The van der Waals surface area contributed by atoms with Crippen molar-refractivity contribution in [2.24, 2.45) is 5.41 Å². The molecule has 0 heterocycles. The zero-order valence-corrected chi connectivity index (χ0v) is 20.3. The number of carboxylic acid groups (broad SMARTS) is 1. The van der Waals surface area contributed by atoms with E-state index in [2.05, 4.69) is 58.7 Å². The van der Waals surface area contributed by atoms with E-state index in [0.29, 0.717) is 12.1 Å². The number of nitrogens with zero attached hydrogens (tertiary/aromatic N) is 1. The van der Waals surface area contributed by atoms with E-state index in [-0.39, 0.29) is 5.91 Å². The predicted molar refractivity (Wildman–Crippen MR) is 143 cm³/mol. The molecule has 1 saturated carbocycles. The van der Waals surface area contributed by atoms with Gasteiger partial charge in [0, 0.05) is 31.5 Å². The Bertz CT molecular complexity index is 1210. The van der Waals surface area contributed by atoms with Crippen molar-refractivity contribution >= 4 is 29.3 Å². The summed E-state index contributed by atoms with van der Waals surface area (Å²) < 4.78 is 0. The van der Waals surface area contributed by atoms with Crippen molar-refractivity contribution in [1.82, 2.24) is 0 Å². The molecule has 3 aromatic rings. The van der Waals surface area contributed by atoms with Crippen molar-refractivity contribution in [3.63, 3.8) is 0 Å². The zero-order chi connectivity index (χ0) is 24.8. The molecule has 5 heteroatoms. The van der Waals surface area contributed by atoms with E-state index in [4.69, 9.17) is 5.11 Å². The number of carbonyl (C=O) groups is 2. The maximum atomic E-state index is 13.5. The highest BCUT2D eigenvalue weighted by Gasteiger charge is 2.41. The molecule has 0 atom stereocenters. The van der Waals surface area contributed by atoms with Crippen molar-refractivity contribution in [2.75, 3.05) is 24.3 Å². The number of amides is 1. The van der Waals surface area contributed by atoms with Gasteiger partial charge in [-0.05, 0) is 71.9 Å². The number of nitrogens with one attached hydrogen (secondary N) is 1. The first-order chi connectivity index (χ1) is 16.8. The minimum atomic E-state index is -0.999. The zero-order valence-electron chi connectivity index (χ0n) is 20.3. The maximum Gasteiger partial charge on any atom is 0.328 e. The average molecular weight is 469 g/mol. The summed E-state index contributed by atoms with van der Waals surface area (Å²) in [5, 5.41) is 12.0. The van der Waals surface area contributed by atoms with Gasteiger partial charge >= 0.3 is 5.97 Å². The van der Waals surface area contributed by atoms with Crippen LogP contribution in [0, 0.1) is 5.41 Å². The van der Waals surface area contributed by atoms with E-state index >= 15 is 0 Å². The molecule has 2 N–H and O–H groups in total. The van der Waals surface area contributed by atoms with Crippen LogP contribution in [-0.2, 0) is 16.0 Å². The van der Waals surface area contributed by atoms with Crippen LogP contribution in [0.2, 0.25) is 0 Å². The van der Waals surface area contributed by atoms with Crippen LogP contribution in [0.25, 0.3) is 17.2 Å². The van der Waals surface area contributed by atoms with E-state index in [0.717, 1.165) is 48.4 Å². The molecule has 1 amide bonds. The topological polar surface area (TPSA) is 69.6 Å². The van der Waals surface area contributed by atoms with Crippen molar-refractivity contribution < 1.29 is 14.7 Å². The maximum absolute atomic E-state index is 13.5. The monoisotopic (exact) mass is 468 g/mol. The van der Waals surface area contributed by atoms with Crippen molar-refractivity contribution in [1.29, 1.82) is 0 Å². The van der Waals surface area contributed by atoms with Gasteiger partial charge in [-0.2, -0.15) is 0 Å². The molecule has 1 aliphatic rings. The highest BCUT2D eigenvalue weighted by Crippen LogP contribution is 2.42. The second-order valence-corrected chi connectivity index (χ2v) is 9.55. The van der Waals surface area contributed by atoms with Gasteiger partial charge in [0.15, 0.2) is 0 Å². The van der Waals surface area contributed by atoms with Crippen molar-refractivity contribution in [3.05, 3.63) is 90.0 Å². The van der Waals surface area contributed by atoms with Gasteiger partial charge in [-0.1, -0.05) is 61.4 Å². The summed E-state index contributed by atoms with van der Waals surface area (Å²) in [5.41, 5.74) is 5.66. The summed E-state index contributed by atoms with van der Waals surface area (Å²) in [6, 6.07) is 24.3. The van der Waals surface area contributed by atoms with E-state index in [1.807, 2.05) is 32.3 Å². The molecule has 0 bridgehead atoms. The first kappa shape index (κ1) is 24.3. The molecule has 1 aliphatic carbocycles. The number of rotatable bonds is 8. The number of anilines is 2. The smallest absolute Gasteiger partial charge is 0.328 e. The Kier molecular flexibility index (Phi) is 7.35. The van der Waals surface area contributed by atoms with Crippen molar-refractivity contribution in [3.8, 4) is 11.1 Å². The first-order valence-electron chi connectivity index (χ1n) is 12.0. The molecule has 180 valence electrons. The summed E-state index contributed by atoms with van der Waals surface area (Å²) in [4.78, 5) is 26.4. The van der Waals surface area contributed by atoms with Crippen LogP contribution in [0.1, 0.15) is 36.8 Å². The fourth-order valence-corrected chi connectivity index (χ4v) is 4.84. The van der Waals surface area contributed by atoms with Crippen LogP contribution in [0.15, 0.2) is 78.9 Å². The lowest BCUT2D eigenvalue weighted by Crippen LogP contribution is -2.35. The van der Waals surface area contributed by atoms with E-state index in [1.54, 1.807) is 6.07 Å². The Morgan fingerprint density at radius 1 is 0.943 bits per heavy atom. The number of aliphatic carboxylic acids is 1. The molecule has 0 aliphatic heterocycles. The largest absolute Gasteiger partial charge is 0.478 e. The number of hydrogen-bond donors (Lipinski definition) is 2. The number of benzene rings is 3. The standard InChI is InChI=1S/C30H32N2O3/c1-32(2)27-15-13-25(14-16-27)24-11-8-23(9-12-24)21-30(18-3-4-19-30)29(35)31-26-7-5-6-22(20-26)10-17-28(33)34/h5-17,20H,3-4,18-19,21H2,1-2H3,(H,31,35)(H,33,34)/b17-10+. The molecule has 3 aromatic carbocycles. The number of carboxylic acids is 1. The molecule has 0 aromatic heterocycles. The number of hydrogen-bond acceptors (Lipinski definition) is 3. The Morgan fingerprint density at radius 2 is 1.57 bits per heavy atom. The lowest BCUT2D eigenvalue weighted by molar-refractivity contribution is -0.131. The first-order valence-corrected chi connectivity index (χ1v) is 12.0. The van der Waals surface area contributed by atoms with Crippen LogP contribution in [0.5, 0.6) is 0 Å². The van der Waals surface area contributed by atoms with Crippen molar-refractivity contribution in [2.45, 2.75) is 32.1 Å². The Balaban J connectivity index is 1.48. The summed E-state index contributed by atoms with van der Waals surface area (Å²) in [6.45, 7) is 0. The molecule has 4 rings (SSSR count). The van der Waals surface area contributed by atoms with Gasteiger partial charge in [0.25, 0.3) is 0 Å². The number of carbonyl (C=O) groups excluding carboxylic acids is 1. The van der Waals surface area contributed by atoms with Crippen LogP contribution in [0.3, 0.4) is 0 Å². The fourth-order valence-electron chi connectivity index (χ4n) is 4.84. The molecular weight excluding hydrogens is 436 g/mol. The van der Waals surface area contributed by atoms with Gasteiger partial charge in [-0.3, -0.25) is 4.79 Å². The minimum Gasteiger partial charge on any atom is -0.478 e. The third-order valence-electron chi connectivity index (χ3n) is 6.82. The van der Waals surface area contributed by atoms with Crippen LogP contribution in [-0.4, -0.2) is 31.1 Å². The van der Waals surface area contributed by atoms with Gasteiger partial charge < -0.3 is 15.3 Å². The normalized spacial score (nSPS) is 14.7. The van der Waals surface area contributed by atoms with E-state index in [1.165, 1.54) is 17.3 Å². The molecular formula is C30H32N2O3. The third-order valence-corrected chi connectivity index (χ3v) is 6.82. The van der Waals surface area contributed by atoms with Gasteiger partial charge in [0.05, 0.1) is 5.41 Å². The summed E-state index contributed by atoms with van der Waals surface area (Å²) in [6.07, 6.45) is 7.16. The molecule has 0 spiro atoms. The van der Waals surface area contributed by atoms with Gasteiger partial charge in [0.1, 0.15) is 0 Å². The second kappa shape index (κ2) is 10.6. The average Bonchev–Trinajstić information content (AvgIpc) is 3.33. The van der Waals surface area contributed by atoms with E-state index < -0.39 is 11.4 Å². The van der Waals surface area contributed by atoms with Crippen LogP contribution in [0.4, 0.5) is 11.4 Å². The van der Waals surface area contributed by atoms with E-state index in [9.17, 15) is 9.59 Å². The molecule has 0 radical (unpaired) electrons. The predicted octanol–water partition coefficient (Wildman–Crippen LogP) is 6.26. The Morgan fingerprint density at radius 3 is 2.17 bits per heavy atom. The van der Waals surface area contributed by atoms with Gasteiger partial charge in [0.2, 0.25) is 5.91 Å². The SMILES string of the molecule is CN(C)c1ccc(-c2ccc(CC3(C(=O)Nc4cccc(/C=C/C(=O)O)c4)CCCC3)cc2)cc1.